The van der Waals surface area contributed by atoms with E-state index in [0.29, 0.717) is 10.6 Å². The van der Waals surface area contributed by atoms with Crippen LogP contribution in [0.5, 0.6) is 0 Å². The lowest BCUT2D eigenvalue weighted by atomic mass is 10.2. The van der Waals surface area contributed by atoms with Crippen molar-refractivity contribution in [2.24, 2.45) is 0 Å². The zero-order valence-electron chi connectivity index (χ0n) is 13.3. The molecule has 0 bridgehead atoms. The number of amides is 1. The van der Waals surface area contributed by atoms with Crippen molar-refractivity contribution in [2.75, 3.05) is 43.4 Å². The van der Waals surface area contributed by atoms with Crippen LogP contribution < -0.4 is 10.2 Å². The highest BCUT2D eigenvalue weighted by molar-refractivity contribution is 6.31. The molecule has 1 aromatic heterocycles. The van der Waals surface area contributed by atoms with Gasteiger partial charge in [-0.05, 0) is 37.4 Å². The molecule has 2 heterocycles. The van der Waals surface area contributed by atoms with Crippen LogP contribution in [0.15, 0.2) is 36.5 Å². The fourth-order valence-corrected chi connectivity index (χ4v) is 3.00. The van der Waals surface area contributed by atoms with Crippen molar-refractivity contribution in [3.05, 3.63) is 52.3 Å². The van der Waals surface area contributed by atoms with Gasteiger partial charge in [0, 0.05) is 43.0 Å². The molecule has 0 aliphatic carbocycles. The fraction of sp³-hybridized carbons (Fsp3) is 0.294. The maximum atomic E-state index is 12.5. The van der Waals surface area contributed by atoms with Crippen LogP contribution in [-0.2, 0) is 0 Å². The fourth-order valence-electron chi connectivity index (χ4n) is 2.66. The van der Waals surface area contributed by atoms with E-state index in [-0.39, 0.29) is 11.1 Å². The van der Waals surface area contributed by atoms with E-state index in [2.05, 4.69) is 27.1 Å². The Balaban J connectivity index is 1.84. The molecular weight excluding hydrogens is 347 g/mol. The highest BCUT2D eigenvalue weighted by Crippen LogP contribution is 2.30. The minimum atomic E-state index is -0.225. The Morgan fingerprint density at radius 3 is 2.58 bits per heavy atom. The lowest BCUT2D eigenvalue weighted by Gasteiger charge is -2.35. The Labute approximate surface area is 151 Å². The smallest absolute Gasteiger partial charge is 0.255 e. The van der Waals surface area contributed by atoms with Crippen molar-refractivity contribution in [3.63, 3.8) is 0 Å². The van der Waals surface area contributed by atoms with Crippen LogP contribution >= 0.6 is 23.2 Å². The first kappa shape index (κ1) is 17.0. The Morgan fingerprint density at radius 2 is 1.88 bits per heavy atom. The first-order valence-electron chi connectivity index (χ1n) is 7.69. The van der Waals surface area contributed by atoms with E-state index >= 15 is 0 Å². The summed E-state index contributed by atoms with van der Waals surface area (Å²) in [6.07, 6.45) is 1.51. The van der Waals surface area contributed by atoms with Crippen molar-refractivity contribution >= 4 is 40.5 Å². The zero-order valence-corrected chi connectivity index (χ0v) is 14.8. The molecule has 0 saturated carbocycles. The number of carbonyl (C=O) groups is 1. The van der Waals surface area contributed by atoms with Crippen molar-refractivity contribution < 1.29 is 4.79 Å². The molecule has 2 aromatic rings. The molecular formula is C17H18Cl2N4O. The molecule has 1 aliphatic rings. The lowest BCUT2D eigenvalue weighted by molar-refractivity contribution is 0.102. The van der Waals surface area contributed by atoms with Gasteiger partial charge >= 0.3 is 0 Å². The van der Waals surface area contributed by atoms with E-state index in [4.69, 9.17) is 23.2 Å². The number of rotatable bonds is 3. The molecule has 7 heteroatoms. The lowest BCUT2D eigenvalue weighted by Crippen LogP contribution is -2.44. The van der Waals surface area contributed by atoms with Crippen molar-refractivity contribution in [3.8, 4) is 0 Å². The zero-order chi connectivity index (χ0) is 17.1. The van der Waals surface area contributed by atoms with Gasteiger partial charge in [-0.2, -0.15) is 0 Å². The number of hydrogen-bond donors (Lipinski definition) is 1. The molecule has 1 aromatic carbocycles. The molecule has 5 nitrogen and oxygen atoms in total. The topological polar surface area (TPSA) is 48.5 Å². The molecule has 1 saturated heterocycles. The predicted octanol–water partition coefficient (Wildman–Crippen LogP) is 3.39. The number of piperazine rings is 1. The number of halogens is 2. The van der Waals surface area contributed by atoms with Gasteiger partial charge in [0.25, 0.3) is 5.91 Å². The van der Waals surface area contributed by atoms with E-state index < -0.39 is 0 Å². The van der Waals surface area contributed by atoms with Crippen LogP contribution in [0.1, 0.15) is 10.4 Å². The molecule has 0 spiro atoms. The van der Waals surface area contributed by atoms with Crippen LogP contribution in [0.4, 0.5) is 11.4 Å². The summed E-state index contributed by atoms with van der Waals surface area (Å²) < 4.78 is 0. The number of benzene rings is 1. The van der Waals surface area contributed by atoms with Gasteiger partial charge in [-0.3, -0.25) is 4.79 Å². The van der Waals surface area contributed by atoms with Gasteiger partial charge in [-0.25, -0.2) is 4.98 Å². The molecule has 126 valence electrons. The Bertz CT molecular complexity index is 745. The molecule has 1 amide bonds. The summed E-state index contributed by atoms with van der Waals surface area (Å²) in [4.78, 5) is 20.9. The van der Waals surface area contributed by atoms with Gasteiger partial charge in [0.15, 0.2) is 0 Å². The Morgan fingerprint density at radius 1 is 1.12 bits per heavy atom. The van der Waals surface area contributed by atoms with Crippen LogP contribution in [0.3, 0.4) is 0 Å². The second-order valence-electron chi connectivity index (χ2n) is 5.77. The van der Waals surface area contributed by atoms with Gasteiger partial charge in [0.2, 0.25) is 0 Å². The van der Waals surface area contributed by atoms with E-state index in [9.17, 15) is 4.79 Å². The molecule has 0 radical (unpaired) electrons. The van der Waals surface area contributed by atoms with Gasteiger partial charge in [-0.1, -0.05) is 23.2 Å². The highest BCUT2D eigenvalue weighted by atomic mass is 35.5. The summed E-state index contributed by atoms with van der Waals surface area (Å²) >= 11 is 12.0. The average Bonchev–Trinajstić information content (AvgIpc) is 2.57. The first-order valence-corrected chi connectivity index (χ1v) is 8.44. The summed E-state index contributed by atoms with van der Waals surface area (Å²) in [5.41, 5.74) is 2.14. The third-order valence-electron chi connectivity index (χ3n) is 4.04. The third-order valence-corrected chi connectivity index (χ3v) is 4.48. The number of pyridine rings is 1. The standard InChI is InChI=1S/C17H18Cl2N4O/c1-22-6-8-23(9-7-22)15-11-13(18)2-3-14(15)21-17(24)12-4-5-20-16(19)10-12/h2-5,10-11H,6-9H2,1H3,(H,21,24). The predicted molar refractivity (Wildman–Crippen MR) is 98.4 cm³/mol. The quantitative estimate of drug-likeness (QED) is 0.848. The minimum absolute atomic E-state index is 0.225. The summed E-state index contributed by atoms with van der Waals surface area (Å²) in [6, 6.07) is 8.67. The number of aromatic nitrogens is 1. The number of nitrogens with one attached hydrogen (secondary N) is 1. The summed E-state index contributed by atoms with van der Waals surface area (Å²) in [5, 5.41) is 3.89. The number of likely N-dealkylation sites (N-methyl/N-ethyl adjacent to an activating group) is 1. The normalized spacial score (nSPS) is 15.4. The van der Waals surface area contributed by atoms with Crippen molar-refractivity contribution in [1.29, 1.82) is 0 Å². The van der Waals surface area contributed by atoms with Crippen LogP contribution in [0.2, 0.25) is 10.2 Å². The van der Waals surface area contributed by atoms with E-state index in [0.717, 1.165) is 37.6 Å². The summed E-state index contributed by atoms with van der Waals surface area (Å²) in [7, 11) is 2.10. The van der Waals surface area contributed by atoms with Gasteiger partial charge < -0.3 is 15.1 Å². The minimum Gasteiger partial charge on any atom is -0.367 e. The largest absolute Gasteiger partial charge is 0.367 e. The summed E-state index contributed by atoms with van der Waals surface area (Å²) in [5.74, 6) is -0.225. The number of hydrogen-bond acceptors (Lipinski definition) is 4. The average molecular weight is 365 g/mol. The molecule has 1 N–H and O–H groups in total. The monoisotopic (exact) mass is 364 g/mol. The molecule has 0 atom stereocenters. The molecule has 1 aliphatic heterocycles. The van der Waals surface area contributed by atoms with E-state index in [1.807, 2.05) is 12.1 Å². The van der Waals surface area contributed by atoms with Gasteiger partial charge in [-0.15, -0.1) is 0 Å². The third kappa shape index (κ3) is 3.98. The van der Waals surface area contributed by atoms with E-state index in [1.54, 1.807) is 18.2 Å². The first-order chi connectivity index (χ1) is 11.5. The maximum Gasteiger partial charge on any atom is 0.255 e. The van der Waals surface area contributed by atoms with Gasteiger partial charge in [0.1, 0.15) is 5.15 Å². The summed E-state index contributed by atoms with van der Waals surface area (Å²) in [6.45, 7) is 3.72. The van der Waals surface area contributed by atoms with Crippen LogP contribution in [-0.4, -0.2) is 49.0 Å². The Hall–Kier alpha value is -1.82. The van der Waals surface area contributed by atoms with Crippen molar-refractivity contribution in [1.82, 2.24) is 9.88 Å². The molecule has 1 fully saturated rings. The Kier molecular flexibility index (Phi) is 5.23. The molecule has 3 rings (SSSR count). The maximum absolute atomic E-state index is 12.5. The highest BCUT2D eigenvalue weighted by Gasteiger charge is 2.19. The molecule has 0 unspecified atom stereocenters. The second kappa shape index (κ2) is 7.38. The van der Waals surface area contributed by atoms with Crippen LogP contribution in [0, 0.1) is 0 Å². The van der Waals surface area contributed by atoms with Gasteiger partial charge in [0.05, 0.1) is 11.4 Å². The number of anilines is 2. The van der Waals surface area contributed by atoms with Crippen LogP contribution in [0.25, 0.3) is 0 Å². The SMILES string of the molecule is CN1CCN(c2cc(Cl)ccc2NC(=O)c2ccnc(Cl)c2)CC1. The number of carbonyl (C=O) groups excluding carboxylic acids is 1. The van der Waals surface area contributed by atoms with Crippen molar-refractivity contribution in [2.45, 2.75) is 0 Å². The second-order valence-corrected chi connectivity index (χ2v) is 6.60. The number of nitrogens with zero attached hydrogens (tertiary/aromatic N) is 3. The molecule has 24 heavy (non-hydrogen) atoms. The van der Waals surface area contributed by atoms with E-state index in [1.165, 1.54) is 6.20 Å².